The molecule has 3 heterocycles. The number of piperazine rings is 1. The lowest BCUT2D eigenvalue weighted by Gasteiger charge is -2.47. The van der Waals surface area contributed by atoms with Crippen LogP contribution in [0.15, 0.2) is 41.2 Å². The van der Waals surface area contributed by atoms with Gasteiger partial charge in [0.1, 0.15) is 24.5 Å². The molecule has 2 aromatic heterocycles. The number of hydrogen-bond donors (Lipinski definition) is 0. The van der Waals surface area contributed by atoms with Crippen molar-refractivity contribution < 1.29 is 4.57 Å². The van der Waals surface area contributed by atoms with E-state index in [0.717, 1.165) is 10.9 Å². The number of hydrogen-bond acceptors (Lipinski definition) is 6. The minimum Gasteiger partial charge on any atom is -0.361 e. The highest BCUT2D eigenvalue weighted by Gasteiger charge is 2.36. The van der Waals surface area contributed by atoms with Crippen LogP contribution in [0, 0.1) is 17.9 Å². The van der Waals surface area contributed by atoms with E-state index in [1.165, 1.54) is 4.57 Å². The summed E-state index contributed by atoms with van der Waals surface area (Å²) in [6, 6.07) is 13.7. The maximum atomic E-state index is 13.1. The zero-order valence-corrected chi connectivity index (χ0v) is 22.5. The standard InChI is InChI=1S/C27H31N6O2P/c1-17-16-33(18(2)15-32(17)19(3)20-8-10-21(11-9-20)36(6,7)35)26-22(14-28)27(34)31(5)23-12-13-24(29-4)30-25(23)26/h8-13,17-19H,15-16H2,1-3,5-7H3/t17-,18+,19?/m1/s1. The van der Waals surface area contributed by atoms with E-state index < -0.39 is 7.14 Å². The van der Waals surface area contributed by atoms with Crippen molar-refractivity contribution in [3.8, 4) is 6.07 Å². The van der Waals surface area contributed by atoms with Crippen molar-refractivity contribution in [3.05, 3.63) is 69.3 Å². The Morgan fingerprint density at radius 1 is 1.14 bits per heavy atom. The van der Waals surface area contributed by atoms with Crippen LogP contribution in [0.4, 0.5) is 11.5 Å². The zero-order valence-electron chi connectivity index (χ0n) is 21.6. The first-order valence-electron chi connectivity index (χ1n) is 12.0. The van der Waals surface area contributed by atoms with Gasteiger partial charge in [-0.1, -0.05) is 30.8 Å². The Morgan fingerprint density at radius 3 is 2.39 bits per heavy atom. The lowest BCUT2D eigenvalue weighted by Crippen LogP contribution is -2.57. The maximum absolute atomic E-state index is 13.1. The average Bonchev–Trinajstić information content (AvgIpc) is 2.86. The number of aryl methyl sites for hydroxylation is 1. The fraction of sp³-hybridized carbons (Fsp3) is 0.407. The van der Waals surface area contributed by atoms with E-state index in [4.69, 9.17) is 6.57 Å². The molecular weight excluding hydrogens is 471 g/mol. The van der Waals surface area contributed by atoms with Gasteiger partial charge in [-0.2, -0.15) is 5.26 Å². The van der Waals surface area contributed by atoms with Gasteiger partial charge in [-0.05, 0) is 51.8 Å². The number of pyridine rings is 2. The molecule has 0 spiro atoms. The Bertz CT molecular complexity index is 1510. The quantitative estimate of drug-likeness (QED) is 0.391. The SMILES string of the molecule is [C-]#[N+]c1ccc2c(n1)c(N1C[C@@H](C)N(C(C)c3ccc(P(C)(C)=O)cc3)C[C@@H]1C)c(C#N)c(=O)n2C. The fourth-order valence-corrected chi connectivity index (χ4v) is 6.00. The molecule has 0 aliphatic carbocycles. The van der Waals surface area contributed by atoms with E-state index in [1.54, 1.807) is 32.5 Å². The molecule has 36 heavy (non-hydrogen) atoms. The highest BCUT2D eigenvalue weighted by molar-refractivity contribution is 7.70. The molecule has 3 aromatic rings. The minimum absolute atomic E-state index is 0.00442. The van der Waals surface area contributed by atoms with Gasteiger partial charge >= 0.3 is 0 Å². The van der Waals surface area contributed by atoms with Crippen molar-refractivity contribution in [2.45, 2.75) is 38.9 Å². The molecule has 8 nitrogen and oxygen atoms in total. The summed E-state index contributed by atoms with van der Waals surface area (Å²) in [5.74, 6) is 0.228. The zero-order chi connectivity index (χ0) is 26.4. The molecule has 0 bridgehead atoms. The van der Waals surface area contributed by atoms with Crippen molar-refractivity contribution >= 4 is 35.0 Å². The number of nitrogens with zero attached hydrogens (tertiary/aromatic N) is 6. The van der Waals surface area contributed by atoms with Crippen LogP contribution in [0.25, 0.3) is 15.9 Å². The number of nitriles is 1. The van der Waals surface area contributed by atoms with Gasteiger partial charge in [0.15, 0.2) is 0 Å². The van der Waals surface area contributed by atoms with Crippen molar-refractivity contribution in [1.82, 2.24) is 14.5 Å². The first-order chi connectivity index (χ1) is 17.0. The van der Waals surface area contributed by atoms with E-state index in [9.17, 15) is 14.6 Å². The van der Waals surface area contributed by atoms with Crippen LogP contribution < -0.4 is 15.8 Å². The third-order valence-corrected chi connectivity index (χ3v) is 8.78. The normalized spacial score (nSPS) is 19.6. The van der Waals surface area contributed by atoms with Crippen molar-refractivity contribution in [1.29, 1.82) is 5.26 Å². The molecule has 0 amide bonds. The molecule has 3 atom stereocenters. The lowest BCUT2D eigenvalue weighted by molar-refractivity contribution is 0.119. The topological polar surface area (TPSA) is 86.6 Å². The van der Waals surface area contributed by atoms with Crippen molar-refractivity contribution in [2.75, 3.05) is 31.3 Å². The van der Waals surface area contributed by atoms with E-state index in [1.807, 2.05) is 12.1 Å². The van der Waals surface area contributed by atoms with Crippen LogP contribution in [-0.2, 0) is 11.6 Å². The van der Waals surface area contributed by atoms with Gasteiger partial charge in [0.05, 0.1) is 5.52 Å². The smallest absolute Gasteiger partial charge is 0.271 e. The summed E-state index contributed by atoms with van der Waals surface area (Å²) in [7, 11) is -0.678. The van der Waals surface area contributed by atoms with Crippen LogP contribution in [0.2, 0.25) is 0 Å². The van der Waals surface area contributed by atoms with Gasteiger partial charge in [-0.3, -0.25) is 9.69 Å². The van der Waals surface area contributed by atoms with Gasteiger partial charge in [-0.15, -0.1) is 4.98 Å². The monoisotopic (exact) mass is 502 g/mol. The third kappa shape index (κ3) is 4.44. The summed E-state index contributed by atoms with van der Waals surface area (Å²) in [5, 5.41) is 10.8. The second kappa shape index (κ2) is 9.54. The maximum Gasteiger partial charge on any atom is 0.271 e. The summed E-state index contributed by atoms with van der Waals surface area (Å²) in [6.07, 6.45) is 0. The second-order valence-electron chi connectivity index (χ2n) is 10.0. The molecule has 1 aliphatic heterocycles. The van der Waals surface area contributed by atoms with Gasteiger partial charge in [0.2, 0.25) is 5.52 Å². The number of aromatic nitrogens is 2. The van der Waals surface area contributed by atoms with Gasteiger partial charge in [-0.25, -0.2) is 0 Å². The van der Waals surface area contributed by atoms with E-state index >= 15 is 0 Å². The van der Waals surface area contributed by atoms with Crippen LogP contribution in [0.1, 0.15) is 37.9 Å². The number of anilines is 1. The number of benzene rings is 1. The highest BCUT2D eigenvalue weighted by atomic mass is 31.2. The van der Waals surface area contributed by atoms with Gasteiger partial charge in [0, 0.05) is 43.6 Å². The number of fused-ring (bicyclic) bond motifs is 1. The molecule has 1 fully saturated rings. The molecule has 0 saturated carbocycles. The Kier molecular flexibility index (Phi) is 6.80. The summed E-state index contributed by atoms with van der Waals surface area (Å²) < 4.78 is 13.8. The Labute approximate surface area is 212 Å². The molecule has 1 aromatic carbocycles. The minimum atomic E-state index is -2.30. The molecule has 1 aliphatic rings. The van der Waals surface area contributed by atoms with E-state index in [0.29, 0.717) is 29.8 Å². The summed E-state index contributed by atoms with van der Waals surface area (Å²) in [5.41, 5.74) is 2.46. The van der Waals surface area contributed by atoms with Crippen LogP contribution in [0.3, 0.4) is 0 Å². The predicted molar refractivity (Wildman–Crippen MR) is 145 cm³/mol. The first kappa shape index (κ1) is 25.6. The summed E-state index contributed by atoms with van der Waals surface area (Å²) in [4.78, 5) is 25.6. The Hall–Kier alpha value is -3.45. The Balaban J connectivity index is 1.72. The summed E-state index contributed by atoms with van der Waals surface area (Å²) in [6.45, 7) is 18.7. The van der Waals surface area contributed by atoms with Crippen molar-refractivity contribution in [3.63, 3.8) is 0 Å². The highest BCUT2D eigenvalue weighted by Crippen LogP contribution is 2.37. The molecule has 1 unspecified atom stereocenters. The predicted octanol–water partition coefficient (Wildman–Crippen LogP) is 4.26. The van der Waals surface area contributed by atoms with Crippen LogP contribution >= 0.6 is 7.14 Å². The number of rotatable bonds is 4. The van der Waals surface area contributed by atoms with Crippen LogP contribution in [0.5, 0.6) is 0 Å². The molecule has 4 rings (SSSR count). The summed E-state index contributed by atoms with van der Waals surface area (Å²) >= 11 is 0. The largest absolute Gasteiger partial charge is 0.361 e. The van der Waals surface area contributed by atoms with Gasteiger partial charge < -0.3 is 18.9 Å². The fourth-order valence-electron chi connectivity index (χ4n) is 5.13. The molecule has 0 N–H and O–H groups in total. The molecule has 9 heteroatoms. The second-order valence-corrected chi connectivity index (χ2v) is 13.2. The third-order valence-electron chi connectivity index (χ3n) is 7.24. The lowest BCUT2D eigenvalue weighted by atomic mass is 9.99. The van der Waals surface area contributed by atoms with Gasteiger partial charge in [0.25, 0.3) is 11.4 Å². The van der Waals surface area contributed by atoms with Crippen molar-refractivity contribution in [2.24, 2.45) is 7.05 Å². The molecule has 1 saturated heterocycles. The van der Waals surface area contributed by atoms with E-state index in [2.05, 4.69) is 58.6 Å². The Morgan fingerprint density at radius 2 is 1.81 bits per heavy atom. The molecular formula is C27H31N6O2P. The molecule has 186 valence electrons. The molecule has 0 radical (unpaired) electrons. The van der Waals surface area contributed by atoms with E-state index in [-0.39, 0.29) is 35.1 Å². The van der Waals surface area contributed by atoms with Crippen LogP contribution in [-0.4, -0.2) is 53.0 Å². The first-order valence-corrected chi connectivity index (χ1v) is 14.6. The average molecular weight is 503 g/mol.